The molecule has 0 radical (unpaired) electrons. The largest absolute Gasteiger partial charge is 0.478 e. The van der Waals surface area contributed by atoms with Gasteiger partial charge in [-0.2, -0.15) is 0 Å². The molecule has 4 N–H and O–H groups in total. The van der Waals surface area contributed by atoms with Crippen molar-refractivity contribution in [3.8, 4) is 0 Å². The standard InChI is InChI=1S/C31H33F2N3O4/c1-18-15-21(30(38)39)13-14-24(18)34-29(37)27(19-9-5-3-6-10-19)31(28(40-2)20-11-7-4-8-12-20)35-25-16-22(32)23(33)17-26(25)36-31/h4,7-8,11-17,19,27-28,35-36H,3,5-6,9-10H2,1-2H3,(H,34,37)(H,38,39)/t27-,28?/m0/s1. The van der Waals surface area contributed by atoms with E-state index in [0.717, 1.165) is 49.8 Å². The van der Waals surface area contributed by atoms with Crippen LogP contribution in [0.15, 0.2) is 60.7 Å². The molecule has 210 valence electrons. The quantitative estimate of drug-likeness (QED) is 0.249. The molecule has 2 aliphatic rings. The number of methoxy groups -OCH3 is 1. The number of benzene rings is 3. The van der Waals surface area contributed by atoms with Crippen LogP contribution in [0.2, 0.25) is 0 Å². The predicted octanol–water partition coefficient (Wildman–Crippen LogP) is 6.73. The summed E-state index contributed by atoms with van der Waals surface area (Å²) in [6.07, 6.45) is 3.85. The number of hydrogen-bond acceptors (Lipinski definition) is 5. The molecule has 7 nitrogen and oxygen atoms in total. The lowest BCUT2D eigenvalue weighted by Crippen LogP contribution is -2.60. The van der Waals surface area contributed by atoms with Gasteiger partial charge in [0.25, 0.3) is 0 Å². The van der Waals surface area contributed by atoms with E-state index in [1.54, 1.807) is 20.1 Å². The SMILES string of the molecule is COC(c1ccccc1)C1([C@H](C(=O)Nc2ccc(C(=O)O)cc2C)C2CCCCC2)Nc2cc(F)c(F)cc2N1. The minimum absolute atomic E-state index is 0.0716. The number of carbonyl (C=O) groups is 2. The van der Waals surface area contributed by atoms with Gasteiger partial charge in [0.15, 0.2) is 17.3 Å². The highest BCUT2D eigenvalue weighted by atomic mass is 19.2. The maximum atomic E-state index is 14.4. The van der Waals surface area contributed by atoms with Gasteiger partial charge in [-0.3, -0.25) is 4.79 Å². The van der Waals surface area contributed by atoms with Gasteiger partial charge in [-0.05, 0) is 55.0 Å². The van der Waals surface area contributed by atoms with Crippen LogP contribution in [0.1, 0.15) is 59.7 Å². The summed E-state index contributed by atoms with van der Waals surface area (Å²) >= 11 is 0. The van der Waals surface area contributed by atoms with E-state index in [1.807, 2.05) is 30.3 Å². The molecular formula is C31H33F2N3O4. The minimum Gasteiger partial charge on any atom is -0.478 e. The van der Waals surface area contributed by atoms with Gasteiger partial charge in [-0.25, -0.2) is 13.6 Å². The molecule has 5 rings (SSSR count). The van der Waals surface area contributed by atoms with Crippen molar-refractivity contribution in [2.24, 2.45) is 11.8 Å². The Balaban J connectivity index is 1.63. The Labute approximate surface area is 231 Å². The smallest absolute Gasteiger partial charge is 0.335 e. The molecule has 3 aromatic carbocycles. The molecule has 1 heterocycles. The number of amides is 1. The number of ether oxygens (including phenoxy) is 1. The lowest BCUT2D eigenvalue weighted by molar-refractivity contribution is -0.126. The van der Waals surface area contributed by atoms with Crippen LogP contribution in [-0.4, -0.2) is 29.8 Å². The fourth-order valence-corrected chi connectivity index (χ4v) is 6.30. The third-order valence-electron chi connectivity index (χ3n) is 8.12. The highest BCUT2D eigenvalue weighted by Gasteiger charge is 2.56. The van der Waals surface area contributed by atoms with Crippen LogP contribution in [0.25, 0.3) is 0 Å². The second-order valence-corrected chi connectivity index (χ2v) is 10.7. The Bertz CT molecular complexity index is 1380. The summed E-state index contributed by atoms with van der Waals surface area (Å²) in [6, 6.07) is 16.2. The molecule has 1 aliphatic heterocycles. The van der Waals surface area contributed by atoms with Crippen LogP contribution in [0.3, 0.4) is 0 Å². The first kappa shape index (κ1) is 27.6. The Kier molecular flexibility index (Phi) is 7.76. The second-order valence-electron chi connectivity index (χ2n) is 10.7. The summed E-state index contributed by atoms with van der Waals surface area (Å²) in [7, 11) is 1.55. The molecule has 0 bridgehead atoms. The number of aryl methyl sites for hydroxylation is 1. The number of carboxylic acids is 1. The minimum atomic E-state index is -1.29. The zero-order chi connectivity index (χ0) is 28.4. The number of halogens is 2. The third kappa shape index (κ3) is 5.13. The third-order valence-corrected chi connectivity index (χ3v) is 8.12. The van der Waals surface area contributed by atoms with E-state index in [1.165, 1.54) is 12.1 Å². The number of hydrogen-bond donors (Lipinski definition) is 4. The molecule has 1 aliphatic carbocycles. The van der Waals surface area contributed by atoms with Gasteiger partial charge in [0.1, 0.15) is 6.10 Å². The van der Waals surface area contributed by atoms with Crippen molar-refractivity contribution in [1.29, 1.82) is 0 Å². The van der Waals surface area contributed by atoms with Crippen LogP contribution in [0.4, 0.5) is 25.8 Å². The summed E-state index contributed by atoms with van der Waals surface area (Å²) in [6.45, 7) is 1.74. The van der Waals surface area contributed by atoms with E-state index in [2.05, 4.69) is 16.0 Å². The Morgan fingerprint density at radius 3 is 2.15 bits per heavy atom. The summed E-state index contributed by atoms with van der Waals surface area (Å²) < 4.78 is 34.8. The molecule has 1 unspecified atom stereocenters. The fourth-order valence-electron chi connectivity index (χ4n) is 6.30. The van der Waals surface area contributed by atoms with Crippen molar-refractivity contribution < 1.29 is 28.2 Å². The van der Waals surface area contributed by atoms with E-state index in [-0.39, 0.29) is 17.4 Å². The maximum Gasteiger partial charge on any atom is 0.335 e. The molecule has 2 atom stereocenters. The topological polar surface area (TPSA) is 99.7 Å². The highest BCUT2D eigenvalue weighted by Crippen LogP contribution is 2.50. The number of carboxylic acid groups (broad SMARTS) is 1. The number of aromatic carboxylic acids is 1. The van der Waals surface area contributed by atoms with Crippen LogP contribution < -0.4 is 16.0 Å². The van der Waals surface area contributed by atoms with Gasteiger partial charge in [-0.15, -0.1) is 0 Å². The molecule has 0 aromatic heterocycles. The average Bonchev–Trinajstić information content (AvgIpc) is 3.29. The second kappa shape index (κ2) is 11.3. The zero-order valence-corrected chi connectivity index (χ0v) is 22.5. The van der Waals surface area contributed by atoms with Gasteiger partial charge in [0.2, 0.25) is 5.91 Å². The van der Waals surface area contributed by atoms with Gasteiger partial charge in [-0.1, -0.05) is 49.6 Å². The van der Waals surface area contributed by atoms with Crippen molar-refractivity contribution in [3.05, 3.63) is 89.0 Å². The number of rotatable bonds is 8. The number of carbonyl (C=O) groups excluding carboxylic acids is 1. The van der Waals surface area contributed by atoms with E-state index < -0.39 is 35.3 Å². The van der Waals surface area contributed by atoms with Crippen LogP contribution in [0.5, 0.6) is 0 Å². The van der Waals surface area contributed by atoms with Crippen molar-refractivity contribution in [1.82, 2.24) is 0 Å². The first-order chi connectivity index (χ1) is 19.2. The lowest BCUT2D eigenvalue weighted by Gasteiger charge is -2.46. The highest BCUT2D eigenvalue weighted by molar-refractivity contribution is 5.97. The van der Waals surface area contributed by atoms with Crippen molar-refractivity contribution in [3.63, 3.8) is 0 Å². The summed E-state index contributed by atoms with van der Waals surface area (Å²) in [5.74, 6) is -4.16. The molecule has 1 fully saturated rings. The fraction of sp³-hybridized carbons (Fsp3) is 0.355. The zero-order valence-electron chi connectivity index (χ0n) is 22.5. The monoisotopic (exact) mass is 549 g/mol. The molecule has 3 aromatic rings. The van der Waals surface area contributed by atoms with E-state index in [0.29, 0.717) is 22.6 Å². The summed E-state index contributed by atoms with van der Waals surface area (Å²) in [5, 5.41) is 19.2. The Morgan fingerprint density at radius 2 is 1.60 bits per heavy atom. The van der Waals surface area contributed by atoms with Gasteiger partial charge in [0, 0.05) is 24.9 Å². The molecule has 40 heavy (non-hydrogen) atoms. The van der Waals surface area contributed by atoms with Crippen LogP contribution >= 0.6 is 0 Å². The van der Waals surface area contributed by atoms with Crippen molar-refractivity contribution in [2.45, 2.75) is 50.8 Å². The van der Waals surface area contributed by atoms with E-state index in [9.17, 15) is 23.5 Å². The molecular weight excluding hydrogens is 516 g/mol. The first-order valence-electron chi connectivity index (χ1n) is 13.5. The van der Waals surface area contributed by atoms with Crippen molar-refractivity contribution in [2.75, 3.05) is 23.1 Å². The number of fused-ring (bicyclic) bond motifs is 1. The number of nitrogens with one attached hydrogen (secondary N) is 3. The number of anilines is 3. The van der Waals surface area contributed by atoms with Gasteiger partial charge in [0.05, 0.1) is 22.9 Å². The van der Waals surface area contributed by atoms with E-state index in [4.69, 9.17) is 4.74 Å². The molecule has 1 saturated carbocycles. The average molecular weight is 550 g/mol. The van der Waals surface area contributed by atoms with Gasteiger partial charge >= 0.3 is 5.97 Å². The Morgan fingerprint density at radius 1 is 0.975 bits per heavy atom. The normalized spacial score (nSPS) is 17.7. The Hall–Kier alpha value is -3.98. The lowest BCUT2D eigenvalue weighted by atomic mass is 9.70. The van der Waals surface area contributed by atoms with Crippen molar-refractivity contribution >= 4 is 28.9 Å². The maximum absolute atomic E-state index is 14.4. The summed E-state index contributed by atoms with van der Waals surface area (Å²) in [4.78, 5) is 25.8. The van der Waals surface area contributed by atoms with Crippen LogP contribution in [0, 0.1) is 30.4 Å². The summed E-state index contributed by atoms with van der Waals surface area (Å²) in [5.41, 5.74) is 1.40. The molecule has 0 spiro atoms. The molecule has 9 heteroatoms. The molecule has 1 amide bonds. The predicted molar refractivity (Wildman–Crippen MR) is 149 cm³/mol. The van der Waals surface area contributed by atoms with Gasteiger partial charge < -0.3 is 25.8 Å². The van der Waals surface area contributed by atoms with E-state index >= 15 is 0 Å². The van der Waals surface area contributed by atoms with Crippen LogP contribution in [-0.2, 0) is 9.53 Å². The first-order valence-corrected chi connectivity index (χ1v) is 13.5. The molecule has 0 saturated heterocycles.